The van der Waals surface area contributed by atoms with Crippen LogP contribution in [0.1, 0.15) is 43.7 Å². The van der Waals surface area contributed by atoms with E-state index in [2.05, 4.69) is 49.0 Å². The lowest BCUT2D eigenvalue weighted by molar-refractivity contribution is -0.789. The molecule has 0 atom stereocenters. The molecule has 6 heteroatoms. The van der Waals surface area contributed by atoms with Gasteiger partial charge < -0.3 is 15.0 Å². The van der Waals surface area contributed by atoms with Gasteiger partial charge in [-0.05, 0) is 33.3 Å². The van der Waals surface area contributed by atoms with E-state index in [0.717, 1.165) is 43.3 Å². The molecule has 1 saturated heterocycles. The molecule has 0 aromatic carbocycles. The molecule has 0 bridgehead atoms. The van der Waals surface area contributed by atoms with E-state index in [-0.39, 0.29) is 11.1 Å². The molecule has 23 heavy (non-hydrogen) atoms. The minimum atomic E-state index is -0.0138. The van der Waals surface area contributed by atoms with Gasteiger partial charge in [-0.2, -0.15) is 5.26 Å². The Labute approximate surface area is 142 Å². The van der Waals surface area contributed by atoms with Gasteiger partial charge in [0.25, 0.3) is 0 Å². The fourth-order valence-electron chi connectivity index (χ4n) is 3.72. The van der Waals surface area contributed by atoms with Crippen LogP contribution in [0.15, 0.2) is 4.99 Å². The maximum Gasteiger partial charge on any atom is 0.136 e. The van der Waals surface area contributed by atoms with Crippen molar-refractivity contribution < 1.29 is 10.1 Å². The zero-order chi connectivity index (χ0) is 16.7. The number of nitriles is 1. The molecule has 2 N–H and O–H groups in total. The van der Waals surface area contributed by atoms with Crippen LogP contribution in [0.4, 0.5) is 5.00 Å². The van der Waals surface area contributed by atoms with Crippen LogP contribution in [0.5, 0.6) is 0 Å². The number of hydrogen-bond acceptors (Lipinski definition) is 4. The minimum Gasteiger partial charge on any atom is -0.378 e. The quantitative estimate of drug-likeness (QED) is 0.662. The van der Waals surface area contributed by atoms with Crippen LogP contribution in [0.3, 0.4) is 0 Å². The van der Waals surface area contributed by atoms with E-state index in [1.54, 1.807) is 11.3 Å². The monoisotopic (exact) mass is 333 g/mol. The summed E-state index contributed by atoms with van der Waals surface area (Å²) in [6.45, 7) is 12.2. The zero-order valence-electron chi connectivity index (χ0n) is 14.3. The Morgan fingerprint density at radius 1 is 1.30 bits per heavy atom. The second-order valence-electron chi connectivity index (χ2n) is 7.63. The van der Waals surface area contributed by atoms with Gasteiger partial charge in [0.2, 0.25) is 0 Å². The van der Waals surface area contributed by atoms with Crippen molar-refractivity contribution in [1.29, 1.82) is 5.26 Å². The number of nitrogens with two attached hydrogens (primary N) is 1. The van der Waals surface area contributed by atoms with Crippen molar-refractivity contribution in [2.45, 2.75) is 45.2 Å². The molecule has 5 nitrogen and oxygen atoms in total. The predicted octanol–water partition coefficient (Wildman–Crippen LogP) is 1.74. The van der Waals surface area contributed by atoms with Crippen molar-refractivity contribution in [3.05, 3.63) is 16.0 Å². The summed E-state index contributed by atoms with van der Waals surface area (Å²) in [5.74, 6) is 0. The summed E-state index contributed by atoms with van der Waals surface area (Å²) in [5.41, 5.74) is 2.06. The number of rotatable bonds is 2. The summed E-state index contributed by atoms with van der Waals surface area (Å²) in [4.78, 5) is 8.10. The van der Waals surface area contributed by atoms with E-state index < -0.39 is 0 Å². The fourth-order valence-corrected chi connectivity index (χ4v) is 4.91. The van der Waals surface area contributed by atoms with Crippen LogP contribution in [-0.2, 0) is 16.7 Å². The van der Waals surface area contributed by atoms with Crippen molar-refractivity contribution in [2.24, 2.45) is 4.99 Å². The summed E-state index contributed by atoms with van der Waals surface area (Å²) in [7, 11) is 0. The molecule has 3 rings (SSSR count). The average Bonchev–Trinajstić information content (AvgIpc) is 2.82. The number of morpholine rings is 1. The van der Waals surface area contributed by atoms with Crippen molar-refractivity contribution in [3.8, 4) is 6.07 Å². The molecule has 0 aliphatic carbocycles. The third-order valence-electron chi connectivity index (χ3n) is 4.45. The highest BCUT2D eigenvalue weighted by Gasteiger charge is 2.44. The first-order valence-electron chi connectivity index (χ1n) is 8.12. The Kier molecular flexibility index (Phi) is 4.21. The number of quaternary nitrogens is 1. The molecule has 1 aromatic rings. The van der Waals surface area contributed by atoms with Crippen LogP contribution in [0, 0.1) is 11.3 Å². The first-order chi connectivity index (χ1) is 10.8. The SMILES string of the molecule is CC1(C)Cc2c(sc(N=CN3CCOCC3)c2C#N)C(C)(C)[NH2+]1. The fraction of sp³-hybridized carbons (Fsp3) is 0.647. The number of aliphatic imine (C=N–C) groups is 1. The smallest absolute Gasteiger partial charge is 0.136 e. The van der Waals surface area contributed by atoms with Gasteiger partial charge >= 0.3 is 0 Å². The van der Waals surface area contributed by atoms with Crippen molar-refractivity contribution in [1.82, 2.24) is 4.90 Å². The summed E-state index contributed by atoms with van der Waals surface area (Å²) in [6.07, 6.45) is 2.79. The second kappa shape index (κ2) is 5.90. The molecular formula is C17H25N4OS+. The van der Waals surface area contributed by atoms with Gasteiger partial charge in [-0.1, -0.05) is 0 Å². The second-order valence-corrected chi connectivity index (χ2v) is 8.63. The van der Waals surface area contributed by atoms with Crippen molar-refractivity contribution >= 4 is 22.7 Å². The van der Waals surface area contributed by atoms with Crippen LogP contribution >= 0.6 is 11.3 Å². The average molecular weight is 333 g/mol. The normalized spacial score (nSPS) is 22.8. The Hall–Kier alpha value is -1.42. The molecule has 124 valence electrons. The van der Waals surface area contributed by atoms with E-state index >= 15 is 0 Å². The number of thiophene rings is 1. The number of ether oxygens (including phenoxy) is 1. The summed E-state index contributed by atoms with van der Waals surface area (Å²) in [5, 5.41) is 12.9. The maximum atomic E-state index is 9.68. The molecule has 0 spiro atoms. The van der Waals surface area contributed by atoms with E-state index in [0.29, 0.717) is 0 Å². The highest BCUT2D eigenvalue weighted by atomic mass is 32.1. The largest absolute Gasteiger partial charge is 0.378 e. The third kappa shape index (κ3) is 3.27. The van der Waals surface area contributed by atoms with Crippen LogP contribution in [0.25, 0.3) is 0 Å². The highest BCUT2D eigenvalue weighted by Crippen LogP contribution is 2.42. The summed E-state index contributed by atoms with van der Waals surface area (Å²) >= 11 is 1.67. The molecular weight excluding hydrogens is 308 g/mol. The van der Waals surface area contributed by atoms with Gasteiger partial charge in [0.15, 0.2) is 0 Å². The number of nitrogens with zero attached hydrogens (tertiary/aromatic N) is 3. The van der Waals surface area contributed by atoms with Gasteiger partial charge in [-0.15, -0.1) is 11.3 Å². The van der Waals surface area contributed by atoms with Crippen LogP contribution < -0.4 is 5.32 Å². The Balaban J connectivity index is 1.96. The van der Waals surface area contributed by atoms with E-state index in [1.165, 1.54) is 10.4 Å². The van der Waals surface area contributed by atoms with Gasteiger partial charge in [-0.3, -0.25) is 0 Å². The standard InChI is InChI=1S/C17H24N4OS/c1-16(2)9-12-13(10-18)15(23-14(12)17(3,4)20-16)19-11-21-5-7-22-8-6-21/h11,20H,5-9H2,1-4H3/p+1. The lowest BCUT2D eigenvalue weighted by atomic mass is 9.81. The van der Waals surface area contributed by atoms with Crippen molar-refractivity contribution in [3.63, 3.8) is 0 Å². The molecule has 3 heterocycles. The van der Waals surface area contributed by atoms with Crippen molar-refractivity contribution in [2.75, 3.05) is 26.3 Å². The maximum absolute atomic E-state index is 9.68. The molecule has 0 saturated carbocycles. The van der Waals surface area contributed by atoms with Gasteiger partial charge in [0, 0.05) is 19.5 Å². The molecule has 2 aliphatic heterocycles. The van der Waals surface area contributed by atoms with E-state index in [4.69, 9.17) is 4.74 Å². The van der Waals surface area contributed by atoms with Crippen LogP contribution in [-0.4, -0.2) is 43.1 Å². The van der Waals surface area contributed by atoms with E-state index in [9.17, 15) is 5.26 Å². The molecule has 1 fully saturated rings. The lowest BCUT2D eigenvalue weighted by Gasteiger charge is -2.38. The Morgan fingerprint density at radius 3 is 2.65 bits per heavy atom. The number of fused-ring (bicyclic) bond motifs is 1. The first kappa shape index (κ1) is 16.4. The minimum absolute atomic E-state index is 0.0138. The molecule has 0 unspecified atom stereocenters. The zero-order valence-corrected chi connectivity index (χ0v) is 15.2. The first-order valence-corrected chi connectivity index (χ1v) is 8.93. The Bertz CT molecular complexity index is 663. The molecule has 0 radical (unpaired) electrons. The number of hydrogen-bond donors (Lipinski definition) is 1. The molecule has 2 aliphatic rings. The third-order valence-corrected chi connectivity index (χ3v) is 5.93. The van der Waals surface area contributed by atoms with Gasteiger partial charge in [0.1, 0.15) is 16.6 Å². The molecule has 1 aromatic heterocycles. The Morgan fingerprint density at radius 2 is 2.00 bits per heavy atom. The summed E-state index contributed by atoms with van der Waals surface area (Å²) in [6, 6.07) is 2.41. The highest BCUT2D eigenvalue weighted by molar-refractivity contribution is 7.16. The van der Waals surface area contributed by atoms with Gasteiger partial charge in [-0.25, -0.2) is 4.99 Å². The lowest BCUT2D eigenvalue weighted by Crippen LogP contribution is -3.03. The predicted molar refractivity (Wildman–Crippen MR) is 92.3 cm³/mol. The van der Waals surface area contributed by atoms with Crippen LogP contribution in [0.2, 0.25) is 0 Å². The van der Waals surface area contributed by atoms with E-state index in [1.807, 2.05) is 6.34 Å². The summed E-state index contributed by atoms with van der Waals surface area (Å²) < 4.78 is 5.36. The molecule has 0 amide bonds. The topological polar surface area (TPSA) is 65.2 Å². The van der Waals surface area contributed by atoms with Gasteiger partial charge in [0.05, 0.1) is 35.5 Å².